The normalized spacial score (nSPS) is 24.7. The van der Waals surface area contributed by atoms with E-state index in [2.05, 4.69) is 5.32 Å². The molecular weight excluding hydrogens is 396 g/mol. The van der Waals surface area contributed by atoms with Crippen LogP contribution in [0.4, 0.5) is 4.79 Å². The molecular formula is C20H23ClN4O4. The van der Waals surface area contributed by atoms with Gasteiger partial charge in [-0.15, -0.1) is 0 Å². The van der Waals surface area contributed by atoms with E-state index in [1.807, 2.05) is 0 Å². The van der Waals surface area contributed by atoms with Crippen LogP contribution in [0.5, 0.6) is 0 Å². The van der Waals surface area contributed by atoms with E-state index in [4.69, 9.17) is 11.6 Å². The Bertz CT molecular complexity index is 862. The molecule has 5 amide bonds. The maximum Gasteiger partial charge on any atom is 0.325 e. The zero-order chi connectivity index (χ0) is 20.8. The third-order valence-electron chi connectivity index (χ3n) is 5.86. The molecule has 0 unspecified atom stereocenters. The minimum absolute atomic E-state index is 0.161. The Hall–Kier alpha value is -2.61. The molecule has 4 rings (SSSR count). The summed E-state index contributed by atoms with van der Waals surface area (Å²) in [5.41, 5.74) is -0.639. The highest BCUT2D eigenvalue weighted by Crippen LogP contribution is 2.32. The number of carbonyl (C=O) groups excluding carboxylic acids is 4. The van der Waals surface area contributed by atoms with Gasteiger partial charge in [-0.05, 0) is 37.5 Å². The van der Waals surface area contributed by atoms with E-state index < -0.39 is 17.5 Å². The van der Waals surface area contributed by atoms with Crippen LogP contribution in [0.2, 0.25) is 5.02 Å². The number of urea groups is 1. The molecule has 2 heterocycles. The lowest BCUT2D eigenvalue weighted by molar-refractivity contribution is -0.142. The molecule has 154 valence electrons. The highest BCUT2D eigenvalue weighted by Gasteiger charge is 2.49. The molecule has 1 aliphatic carbocycles. The zero-order valence-corrected chi connectivity index (χ0v) is 16.9. The van der Waals surface area contributed by atoms with Gasteiger partial charge < -0.3 is 15.1 Å². The summed E-state index contributed by atoms with van der Waals surface area (Å²) in [6.07, 6.45) is 1.91. The quantitative estimate of drug-likeness (QED) is 0.744. The van der Waals surface area contributed by atoms with Crippen LogP contribution in [0.25, 0.3) is 0 Å². The molecule has 0 radical (unpaired) electrons. The summed E-state index contributed by atoms with van der Waals surface area (Å²) in [4.78, 5) is 54.6. The van der Waals surface area contributed by atoms with Crippen molar-refractivity contribution in [2.45, 2.75) is 25.3 Å². The molecule has 1 saturated carbocycles. The molecule has 9 heteroatoms. The number of carbonyl (C=O) groups is 4. The summed E-state index contributed by atoms with van der Waals surface area (Å²) >= 11 is 5.91. The minimum atomic E-state index is -1.24. The number of halogens is 1. The first-order valence-corrected chi connectivity index (χ1v) is 10.1. The van der Waals surface area contributed by atoms with E-state index in [9.17, 15) is 19.2 Å². The van der Waals surface area contributed by atoms with Gasteiger partial charge in [0.15, 0.2) is 0 Å². The molecule has 1 atom stereocenters. The fraction of sp³-hybridized carbons (Fsp3) is 0.500. The summed E-state index contributed by atoms with van der Waals surface area (Å²) in [6.45, 7) is 3.10. The Balaban J connectivity index is 1.38. The number of nitrogens with zero attached hydrogens (tertiary/aromatic N) is 3. The van der Waals surface area contributed by atoms with E-state index in [1.54, 1.807) is 41.0 Å². The fourth-order valence-corrected chi connectivity index (χ4v) is 3.95. The first kappa shape index (κ1) is 19.7. The van der Waals surface area contributed by atoms with Crippen molar-refractivity contribution >= 4 is 35.4 Å². The number of rotatable bonds is 4. The van der Waals surface area contributed by atoms with Crippen molar-refractivity contribution < 1.29 is 19.2 Å². The molecule has 0 aromatic heterocycles. The molecule has 0 spiro atoms. The molecule has 29 heavy (non-hydrogen) atoms. The van der Waals surface area contributed by atoms with Crippen LogP contribution >= 0.6 is 11.6 Å². The Morgan fingerprint density at radius 3 is 2.24 bits per heavy atom. The van der Waals surface area contributed by atoms with Gasteiger partial charge in [-0.1, -0.05) is 23.7 Å². The predicted octanol–water partition coefficient (Wildman–Crippen LogP) is 1.19. The molecule has 1 N–H and O–H groups in total. The van der Waals surface area contributed by atoms with Gasteiger partial charge in [-0.25, -0.2) is 4.79 Å². The highest BCUT2D eigenvalue weighted by molar-refractivity contribution is 6.30. The smallest absolute Gasteiger partial charge is 0.325 e. The van der Waals surface area contributed by atoms with Gasteiger partial charge in [-0.3, -0.25) is 19.3 Å². The minimum Gasteiger partial charge on any atom is -0.339 e. The largest absolute Gasteiger partial charge is 0.339 e. The number of benzene rings is 1. The number of nitrogens with one attached hydrogen (secondary N) is 1. The Morgan fingerprint density at radius 1 is 1.07 bits per heavy atom. The first-order valence-electron chi connectivity index (χ1n) is 9.76. The number of piperazine rings is 1. The average molecular weight is 419 g/mol. The van der Waals surface area contributed by atoms with Crippen molar-refractivity contribution in [2.24, 2.45) is 5.92 Å². The summed E-state index contributed by atoms with van der Waals surface area (Å²) in [5, 5.41) is 3.21. The second kappa shape index (κ2) is 7.33. The topological polar surface area (TPSA) is 90.0 Å². The number of hydrogen-bond acceptors (Lipinski definition) is 4. The third kappa shape index (κ3) is 3.69. The third-order valence-corrected chi connectivity index (χ3v) is 6.11. The maximum atomic E-state index is 13.0. The summed E-state index contributed by atoms with van der Waals surface area (Å²) in [5.74, 6) is -0.438. The van der Waals surface area contributed by atoms with Gasteiger partial charge in [0.05, 0.1) is 0 Å². The monoisotopic (exact) mass is 418 g/mol. The standard InChI is InChI=1S/C20H23ClN4O4/c1-20(14-4-6-15(21)7-5-14)18(28)25(19(29)22-20)12-16(26)23-8-10-24(11-9-23)17(27)13-2-3-13/h4-7,13H,2-3,8-12H2,1H3,(H,22,29)/t20-/m1/s1. The molecule has 3 aliphatic rings. The molecule has 8 nitrogen and oxygen atoms in total. The molecule has 2 saturated heterocycles. The van der Waals surface area contributed by atoms with Crippen molar-refractivity contribution in [3.63, 3.8) is 0 Å². The molecule has 2 aliphatic heterocycles. The van der Waals surface area contributed by atoms with Gasteiger partial charge in [0.2, 0.25) is 11.8 Å². The van der Waals surface area contributed by atoms with Gasteiger partial charge in [0.25, 0.3) is 5.91 Å². The van der Waals surface area contributed by atoms with E-state index in [1.165, 1.54) is 0 Å². The van der Waals surface area contributed by atoms with Crippen molar-refractivity contribution in [2.75, 3.05) is 32.7 Å². The summed E-state index contributed by atoms with van der Waals surface area (Å²) < 4.78 is 0. The molecule has 0 bridgehead atoms. The second-order valence-corrected chi connectivity index (χ2v) is 8.37. The Kier molecular flexibility index (Phi) is 4.98. The lowest BCUT2D eigenvalue weighted by Gasteiger charge is -2.35. The van der Waals surface area contributed by atoms with Gasteiger partial charge in [-0.2, -0.15) is 0 Å². The molecule has 3 fully saturated rings. The van der Waals surface area contributed by atoms with Crippen LogP contribution in [0.1, 0.15) is 25.3 Å². The van der Waals surface area contributed by atoms with Gasteiger partial charge in [0, 0.05) is 37.1 Å². The predicted molar refractivity (Wildman–Crippen MR) is 105 cm³/mol. The van der Waals surface area contributed by atoms with Crippen LogP contribution in [-0.4, -0.2) is 71.2 Å². The zero-order valence-electron chi connectivity index (χ0n) is 16.2. The second-order valence-electron chi connectivity index (χ2n) is 7.93. The fourth-order valence-electron chi connectivity index (χ4n) is 3.82. The van der Waals surface area contributed by atoms with E-state index in [-0.39, 0.29) is 24.3 Å². The summed E-state index contributed by atoms with van der Waals surface area (Å²) in [7, 11) is 0. The lowest BCUT2D eigenvalue weighted by atomic mass is 9.92. The van der Waals surface area contributed by atoms with Crippen LogP contribution in [0.15, 0.2) is 24.3 Å². The van der Waals surface area contributed by atoms with Crippen molar-refractivity contribution in [3.05, 3.63) is 34.9 Å². The van der Waals surface area contributed by atoms with Gasteiger partial charge in [0.1, 0.15) is 12.1 Å². The van der Waals surface area contributed by atoms with E-state index in [0.717, 1.165) is 17.7 Å². The number of amides is 5. The van der Waals surface area contributed by atoms with Crippen LogP contribution in [0, 0.1) is 5.92 Å². The van der Waals surface area contributed by atoms with E-state index in [0.29, 0.717) is 36.8 Å². The first-order chi connectivity index (χ1) is 13.8. The maximum absolute atomic E-state index is 13.0. The van der Waals surface area contributed by atoms with Crippen LogP contribution in [0.3, 0.4) is 0 Å². The summed E-state index contributed by atoms with van der Waals surface area (Å²) in [6, 6.07) is 6.07. The Morgan fingerprint density at radius 2 is 1.66 bits per heavy atom. The van der Waals surface area contributed by atoms with Crippen molar-refractivity contribution in [3.8, 4) is 0 Å². The van der Waals surface area contributed by atoms with Crippen molar-refractivity contribution in [1.29, 1.82) is 0 Å². The van der Waals surface area contributed by atoms with Gasteiger partial charge >= 0.3 is 6.03 Å². The van der Waals surface area contributed by atoms with E-state index >= 15 is 0 Å². The number of hydrogen-bond donors (Lipinski definition) is 1. The number of imide groups is 1. The SMILES string of the molecule is C[C@]1(c2ccc(Cl)cc2)NC(=O)N(CC(=O)N2CCN(C(=O)C3CC3)CC2)C1=O. The van der Waals surface area contributed by atoms with Crippen LogP contribution < -0.4 is 5.32 Å². The lowest BCUT2D eigenvalue weighted by Crippen LogP contribution is -2.53. The highest BCUT2D eigenvalue weighted by atomic mass is 35.5. The Labute approximate surface area is 173 Å². The van der Waals surface area contributed by atoms with Crippen molar-refractivity contribution in [1.82, 2.24) is 20.0 Å². The van der Waals surface area contributed by atoms with Crippen LogP contribution in [-0.2, 0) is 19.9 Å². The molecule has 1 aromatic carbocycles. The average Bonchev–Trinajstić information content (AvgIpc) is 3.53. The molecule has 1 aromatic rings.